The summed E-state index contributed by atoms with van der Waals surface area (Å²) < 4.78 is 1.05. The van der Waals surface area contributed by atoms with Crippen molar-refractivity contribution in [1.29, 1.82) is 0 Å². The number of rotatable bonds is 1. The summed E-state index contributed by atoms with van der Waals surface area (Å²) in [5.41, 5.74) is 7.81. The predicted molar refractivity (Wildman–Crippen MR) is 71.1 cm³/mol. The first-order chi connectivity index (χ1) is 7.09. The van der Waals surface area contributed by atoms with E-state index in [1.807, 2.05) is 12.1 Å². The van der Waals surface area contributed by atoms with E-state index in [9.17, 15) is 4.79 Å². The molecule has 0 radical (unpaired) electrons. The van der Waals surface area contributed by atoms with Crippen molar-refractivity contribution in [2.24, 2.45) is 5.73 Å². The van der Waals surface area contributed by atoms with Gasteiger partial charge < -0.3 is 10.6 Å². The van der Waals surface area contributed by atoms with Crippen LogP contribution in [0.3, 0.4) is 0 Å². The van der Waals surface area contributed by atoms with Crippen LogP contribution in [0.5, 0.6) is 0 Å². The molecule has 0 fully saturated rings. The topological polar surface area (TPSA) is 46.3 Å². The number of nitrogens with zero attached hydrogens (tertiary/aromatic N) is 1. The van der Waals surface area contributed by atoms with Crippen LogP contribution in [0.25, 0.3) is 0 Å². The van der Waals surface area contributed by atoms with Crippen LogP contribution >= 0.6 is 28.3 Å². The van der Waals surface area contributed by atoms with Gasteiger partial charge in [0.05, 0.1) is 6.04 Å². The van der Waals surface area contributed by atoms with Crippen molar-refractivity contribution >= 4 is 39.9 Å². The molecule has 1 aliphatic heterocycles. The average molecular weight is 306 g/mol. The second-order valence-electron chi connectivity index (χ2n) is 3.80. The smallest absolute Gasteiger partial charge is 0.243 e. The van der Waals surface area contributed by atoms with Crippen LogP contribution < -0.4 is 10.6 Å². The van der Waals surface area contributed by atoms with Gasteiger partial charge in [-0.3, -0.25) is 4.79 Å². The Bertz CT molecular complexity index is 409. The van der Waals surface area contributed by atoms with E-state index in [4.69, 9.17) is 5.73 Å². The first-order valence-corrected chi connectivity index (χ1v) is 5.74. The number of anilines is 1. The molecule has 1 heterocycles. The lowest BCUT2D eigenvalue weighted by Gasteiger charge is -2.19. The minimum atomic E-state index is -0.431. The van der Waals surface area contributed by atoms with Gasteiger partial charge in [0.15, 0.2) is 0 Å². The maximum Gasteiger partial charge on any atom is 0.243 e. The molecule has 0 aromatic heterocycles. The van der Waals surface area contributed by atoms with Crippen LogP contribution in [-0.4, -0.2) is 18.5 Å². The Kier molecular flexibility index (Phi) is 4.35. The van der Waals surface area contributed by atoms with Gasteiger partial charge in [-0.05, 0) is 37.1 Å². The lowest BCUT2D eigenvalue weighted by Crippen LogP contribution is -2.41. The predicted octanol–water partition coefficient (Wildman–Crippen LogP) is 2.11. The molecule has 0 saturated heterocycles. The minimum Gasteiger partial charge on any atom is -0.320 e. The van der Waals surface area contributed by atoms with Crippen LogP contribution in [0.1, 0.15) is 12.5 Å². The lowest BCUT2D eigenvalue weighted by molar-refractivity contribution is -0.119. The Morgan fingerprint density at radius 1 is 1.56 bits per heavy atom. The van der Waals surface area contributed by atoms with Crippen LogP contribution in [0, 0.1) is 0 Å². The van der Waals surface area contributed by atoms with Gasteiger partial charge in [-0.25, -0.2) is 0 Å². The fourth-order valence-electron chi connectivity index (χ4n) is 1.85. The summed E-state index contributed by atoms with van der Waals surface area (Å²) in [6.07, 6.45) is 0.910. The molecule has 3 nitrogen and oxygen atoms in total. The molecule has 88 valence electrons. The Hall–Kier alpha value is -0.580. The van der Waals surface area contributed by atoms with Gasteiger partial charge in [0.25, 0.3) is 0 Å². The number of fused-ring (bicyclic) bond motifs is 1. The van der Waals surface area contributed by atoms with Crippen molar-refractivity contribution in [3.8, 4) is 0 Å². The zero-order chi connectivity index (χ0) is 11.0. The van der Waals surface area contributed by atoms with Gasteiger partial charge in [-0.15, -0.1) is 12.4 Å². The molecule has 0 aliphatic carbocycles. The standard InChI is InChI=1S/C11H13BrN2O.ClH/c1-7(13)11(15)14-5-4-8-6-9(12)2-3-10(8)14;/h2-3,6-7H,4-5,13H2,1H3;1H/t7-;/m1./s1. The van der Waals surface area contributed by atoms with Crippen LogP contribution in [-0.2, 0) is 11.2 Å². The van der Waals surface area contributed by atoms with E-state index < -0.39 is 6.04 Å². The molecule has 0 saturated carbocycles. The van der Waals surface area contributed by atoms with E-state index in [1.165, 1.54) is 5.56 Å². The molecule has 1 aliphatic rings. The number of amides is 1. The highest BCUT2D eigenvalue weighted by Gasteiger charge is 2.26. The summed E-state index contributed by atoms with van der Waals surface area (Å²) in [5, 5.41) is 0. The van der Waals surface area contributed by atoms with Gasteiger partial charge in [0.1, 0.15) is 0 Å². The Balaban J connectivity index is 0.00000128. The van der Waals surface area contributed by atoms with Crippen molar-refractivity contribution in [3.63, 3.8) is 0 Å². The van der Waals surface area contributed by atoms with E-state index in [0.29, 0.717) is 0 Å². The second kappa shape index (κ2) is 5.17. The third-order valence-corrected chi connectivity index (χ3v) is 3.09. The number of carbonyl (C=O) groups excluding carboxylic acids is 1. The van der Waals surface area contributed by atoms with Gasteiger partial charge in [0.2, 0.25) is 5.91 Å². The molecule has 16 heavy (non-hydrogen) atoms. The third kappa shape index (κ3) is 2.39. The summed E-state index contributed by atoms with van der Waals surface area (Å²) in [5.74, 6) is -0.00364. The molecule has 2 rings (SSSR count). The zero-order valence-corrected chi connectivity index (χ0v) is 11.3. The number of nitrogens with two attached hydrogens (primary N) is 1. The first kappa shape index (κ1) is 13.5. The summed E-state index contributed by atoms with van der Waals surface area (Å²) >= 11 is 3.42. The fourth-order valence-corrected chi connectivity index (χ4v) is 2.25. The molecule has 5 heteroatoms. The molecule has 1 atom stereocenters. The van der Waals surface area contributed by atoms with Crippen molar-refractivity contribution in [2.75, 3.05) is 11.4 Å². The van der Waals surface area contributed by atoms with Crippen LogP contribution in [0.2, 0.25) is 0 Å². The van der Waals surface area contributed by atoms with E-state index in [2.05, 4.69) is 22.0 Å². The highest BCUT2D eigenvalue weighted by molar-refractivity contribution is 9.10. The van der Waals surface area contributed by atoms with Gasteiger partial charge in [0, 0.05) is 16.7 Å². The number of hydrogen-bond acceptors (Lipinski definition) is 2. The van der Waals surface area contributed by atoms with Gasteiger partial charge >= 0.3 is 0 Å². The molecule has 0 bridgehead atoms. The molecular weight excluding hydrogens is 291 g/mol. The average Bonchev–Trinajstić information content (AvgIpc) is 2.59. The van der Waals surface area contributed by atoms with E-state index in [0.717, 1.165) is 23.1 Å². The van der Waals surface area contributed by atoms with Crippen LogP contribution in [0.4, 0.5) is 5.69 Å². The van der Waals surface area contributed by atoms with E-state index in [1.54, 1.807) is 11.8 Å². The van der Waals surface area contributed by atoms with Crippen molar-refractivity contribution in [1.82, 2.24) is 0 Å². The summed E-state index contributed by atoms with van der Waals surface area (Å²) in [4.78, 5) is 13.6. The van der Waals surface area contributed by atoms with Crippen LogP contribution in [0.15, 0.2) is 22.7 Å². The number of benzene rings is 1. The van der Waals surface area contributed by atoms with E-state index >= 15 is 0 Å². The first-order valence-electron chi connectivity index (χ1n) is 4.95. The van der Waals surface area contributed by atoms with Crippen molar-refractivity contribution < 1.29 is 4.79 Å². The van der Waals surface area contributed by atoms with Crippen molar-refractivity contribution in [3.05, 3.63) is 28.2 Å². The molecule has 1 amide bonds. The lowest BCUT2D eigenvalue weighted by atomic mass is 10.2. The largest absolute Gasteiger partial charge is 0.320 e. The normalized spacial score (nSPS) is 15.3. The SMILES string of the molecule is C[C@@H](N)C(=O)N1CCc2cc(Br)ccc21.Cl. The van der Waals surface area contributed by atoms with Gasteiger partial charge in [-0.2, -0.15) is 0 Å². The quantitative estimate of drug-likeness (QED) is 0.864. The molecular formula is C11H14BrClN2O. The number of carbonyl (C=O) groups is 1. The Morgan fingerprint density at radius 2 is 2.25 bits per heavy atom. The van der Waals surface area contributed by atoms with Crippen molar-refractivity contribution in [2.45, 2.75) is 19.4 Å². The highest BCUT2D eigenvalue weighted by atomic mass is 79.9. The Labute approximate surface area is 110 Å². The fraction of sp³-hybridized carbons (Fsp3) is 0.364. The zero-order valence-electron chi connectivity index (χ0n) is 8.94. The Morgan fingerprint density at radius 3 is 2.88 bits per heavy atom. The second-order valence-corrected chi connectivity index (χ2v) is 4.72. The number of hydrogen-bond donors (Lipinski definition) is 1. The summed E-state index contributed by atoms with van der Waals surface area (Å²) in [7, 11) is 0. The third-order valence-electron chi connectivity index (χ3n) is 2.59. The summed E-state index contributed by atoms with van der Waals surface area (Å²) in [6.45, 7) is 2.46. The molecule has 1 aromatic carbocycles. The molecule has 1 aromatic rings. The number of halogens is 2. The summed E-state index contributed by atoms with van der Waals surface area (Å²) in [6, 6.07) is 5.54. The highest BCUT2D eigenvalue weighted by Crippen LogP contribution is 2.30. The van der Waals surface area contributed by atoms with E-state index in [-0.39, 0.29) is 18.3 Å². The minimum absolute atomic E-state index is 0. The molecule has 0 spiro atoms. The monoisotopic (exact) mass is 304 g/mol. The molecule has 0 unspecified atom stereocenters. The van der Waals surface area contributed by atoms with Gasteiger partial charge in [-0.1, -0.05) is 15.9 Å². The maximum atomic E-state index is 11.8. The maximum absolute atomic E-state index is 11.8. The molecule has 2 N–H and O–H groups in total.